The Kier molecular flexibility index (Phi) is 2.15. The van der Waals surface area contributed by atoms with Crippen LogP contribution in [-0.4, -0.2) is 9.97 Å². The van der Waals surface area contributed by atoms with Gasteiger partial charge in [0, 0.05) is 23.4 Å². The highest BCUT2D eigenvalue weighted by molar-refractivity contribution is 5.69. The van der Waals surface area contributed by atoms with Crippen molar-refractivity contribution in [2.45, 2.75) is 50.4 Å². The van der Waals surface area contributed by atoms with Crippen molar-refractivity contribution >= 4 is 0 Å². The second kappa shape index (κ2) is 3.91. The molecular formula is C18H18N2. The topological polar surface area (TPSA) is 25.8 Å². The van der Waals surface area contributed by atoms with Crippen LogP contribution < -0.4 is 0 Å². The highest BCUT2D eigenvalue weighted by atomic mass is 14.8. The van der Waals surface area contributed by atoms with Crippen LogP contribution in [0.1, 0.15) is 60.0 Å². The standard InChI is InChI=1S/C18H18N2/c1-3-11-9-12(4-1)18-15(11)10-13-6-7-16-14(17(13)20-18)5-2-8-19-16/h2,5,8,10-12H,1,3-4,6-7,9H2. The number of pyridine rings is 2. The van der Waals surface area contributed by atoms with Gasteiger partial charge in [-0.2, -0.15) is 0 Å². The van der Waals surface area contributed by atoms with Gasteiger partial charge in [0.05, 0.1) is 11.4 Å². The van der Waals surface area contributed by atoms with Crippen LogP contribution in [0.4, 0.5) is 0 Å². The summed E-state index contributed by atoms with van der Waals surface area (Å²) in [7, 11) is 0. The van der Waals surface area contributed by atoms with Gasteiger partial charge in [0.25, 0.3) is 0 Å². The predicted octanol–water partition coefficient (Wildman–Crippen LogP) is 4.00. The van der Waals surface area contributed by atoms with Gasteiger partial charge in [-0.25, -0.2) is 0 Å². The molecule has 2 aromatic heterocycles. The lowest BCUT2D eigenvalue weighted by molar-refractivity contribution is 0.433. The van der Waals surface area contributed by atoms with E-state index in [4.69, 9.17) is 4.98 Å². The Labute approximate surface area is 119 Å². The van der Waals surface area contributed by atoms with E-state index in [9.17, 15) is 0 Å². The molecule has 2 atom stereocenters. The average Bonchev–Trinajstić information content (AvgIpc) is 2.76. The fourth-order valence-electron chi connectivity index (χ4n) is 4.49. The first-order chi connectivity index (χ1) is 9.90. The normalized spacial score (nSPS) is 25.8. The molecule has 0 amide bonds. The Morgan fingerprint density at radius 2 is 2.05 bits per heavy atom. The lowest BCUT2D eigenvalue weighted by Crippen LogP contribution is -2.09. The van der Waals surface area contributed by atoms with E-state index in [2.05, 4.69) is 17.1 Å². The van der Waals surface area contributed by atoms with Gasteiger partial charge in [0.2, 0.25) is 0 Å². The minimum Gasteiger partial charge on any atom is -0.261 e. The number of aromatic nitrogens is 2. The molecule has 20 heavy (non-hydrogen) atoms. The molecule has 5 rings (SSSR count). The van der Waals surface area contributed by atoms with E-state index >= 15 is 0 Å². The highest BCUT2D eigenvalue weighted by Gasteiger charge is 2.36. The van der Waals surface area contributed by atoms with Crippen molar-refractivity contribution in [3.63, 3.8) is 0 Å². The summed E-state index contributed by atoms with van der Waals surface area (Å²) in [5.74, 6) is 1.54. The summed E-state index contributed by atoms with van der Waals surface area (Å²) in [6, 6.07) is 6.73. The third-order valence-electron chi connectivity index (χ3n) is 5.44. The Bertz CT molecular complexity index is 705. The molecule has 0 spiro atoms. The van der Waals surface area contributed by atoms with Crippen LogP contribution in [0.5, 0.6) is 0 Å². The van der Waals surface area contributed by atoms with Gasteiger partial charge in [-0.1, -0.05) is 12.5 Å². The van der Waals surface area contributed by atoms with Crippen LogP contribution in [0.3, 0.4) is 0 Å². The van der Waals surface area contributed by atoms with E-state index in [1.54, 1.807) is 5.56 Å². The molecule has 2 bridgehead atoms. The fourth-order valence-corrected chi connectivity index (χ4v) is 4.49. The third kappa shape index (κ3) is 1.39. The summed E-state index contributed by atoms with van der Waals surface area (Å²) in [6.45, 7) is 0. The summed E-state index contributed by atoms with van der Waals surface area (Å²) < 4.78 is 0. The minimum atomic E-state index is 0.732. The molecule has 3 aliphatic carbocycles. The van der Waals surface area contributed by atoms with E-state index in [0.29, 0.717) is 0 Å². The van der Waals surface area contributed by atoms with Crippen molar-refractivity contribution in [2.24, 2.45) is 0 Å². The summed E-state index contributed by atoms with van der Waals surface area (Å²) >= 11 is 0. The van der Waals surface area contributed by atoms with Gasteiger partial charge in [0.1, 0.15) is 0 Å². The van der Waals surface area contributed by atoms with Crippen molar-refractivity contribution in [3.8, 4) is 11.3 Å². The molecule has 2 heteroatoms. The largest absolute Gasteiger partial charge is 0.261 e. The molecule has 2 aromatic rings. The van der Waals surface area contributed by atoms with Gasteiger partial charge in [-0.3, -0.25) is 9.97 Å². The highest BCUT2D eigenvalue weighted by Crippen LogP contribution is 2.51. The smallest absolute Gasteiger partial charge is 0.0756 e. The summed E-state index contributed by atoms with van der Waals surface area (Å²) in [5, 5.41) is 0. The fraction of sp³-hybridized carbons (Fsp3) is 0.444. The SMILES string of the molecule is c1cnc2c(c1)-c1nc3c(cc1CC2)C1CCCC3C1. The Hall–Kier alpha value is -1.70. The van der Waals surface area contributed by atoms with Crippen LogP contribution in [-0.2, 0) is 12.8 Å². The second-order valence-corrected chi connectivity index (χ2v) is 6.53. The van der Waals surface area contributed by atoms with Gasteiger partial charge in [-0.05, 0) is 61.3 Å². The van der Waals surface area contributed by atoms with Gasteiger partial charge >= 0.3 is 0 Å². The van der Waals surface area contributed by atoms with E-state index < -0.39 is 0 Å². The maximum atomic E-state index is 5.14. The van der Waals surface area contributed by atoms with Crippen molar-refractivity contribution in [3.05, 3.63) is 46.9 Å². The van der Waals surface area contributed by atoms with E-state index in [1.165, 1.54) is 53.9 Å². The number of rotatable bonds is 0. The van der Waals surface area contributed by atoms with E-state index in [1.807, 2.05) is 12.3 Å². The maximum Gasteiger partial charge on any atom is 0.0756 e. The first kappa shape index (κ1) is 11.0. The average molecular weight is 262 g/mol. The summed E-state index contributed by atoms with van der Waals surface area (Å²) in [6.07, 6.45) is 9.54. The first-order valence-corrected chi connectivity index (χ1v) is 7.88. The lowest BCUT2D eigenvalue weighted by Gasteiger charge is -2.20. The molecule has 1 fully saturated rings. The Balaban J connectivity index is 1.74. The number of nitrogens with zero attached hydrogens (tertiary/aromatic N) is 2. The molecule has 0 N–H and O–H groups in total. The number of hydrogen-bond donors (Lipinski definition) is 0. The molecule has 100 valence electrons. The van der Waals surface area contributed by atoms with Crippen molar-refractivity contribution in [1.82, 2.24) is 9.97 Å². The van der Waals surface area contributed by atoms with Gasteiger partial charge in [-0.15, -0.1) is 0 Å². The molecule has 0 saturated heterocycles. The molecule has 0 aliphatic heterocycles. The number of hydrogen-bond acceptors (Lipinski definition) is 2. The quantitative estimate of drug-likeness (QED) is 0.717. The van der Waals surface area contributed by atoms with Crippen LogP contribution in [0.25, 0.3) is 11.3 Å². The van der Waals surface area contributed by atoms with Crippen LogP contribution in [0.2, 0.25) is 0 Å². The zero-order valence-corrected chi connectivity index (χ0v) is 11.6. The van der Waals surface area contributed by atoms with Gasteiger partial charge in [0.15, 0.2) is 0 Å². The molecule has 0 radical (unpaired) electrons. The maximum absolute atomic E-state index is 5.14. The van der Waals surface area contributed by atoms with Crippen molar-refractivity contribution < 1.29 is 0 Å². The Morgan fingerprint density at radius 3 is 3.05 bits per heavy atom. The molecule has 1 saturated carbocycles. The Morgan fingerprint density at radius 1 is 1.10 bits per heavy atom. The van der Waals surface area contributed by atoms with Crippen molar-refractivity contribution in [1.29, 1.82) is 0 Å². The summed E-state index contributed by atoms with van der Waals surface area (Å²) in [4.78, 5) is 9.68. The van der Waals surface area contributed by atoms with Crippen LogP contribution in [0.15, 0.2) is 24.4 Å². The molecular weight excluding hydrogens is 244 g/mol. The monoisotopic (exact) mass is 262 g/mol. The van der Waals surface area contributed by atoms with Gasteiger partial charge < -0.3 is 0 Å². The zero-order valence-electron chi connectivity index (χ0n) is 11.6. The van der Waals surface area contributed by atoms with E-state index in [0.717, 1.165) is 24.7 Å². The zero-order chi connectivity index (χ0) is 13.1. The summed E-state index contributed by atoms with van der Waals surface area (Å²) in [5.41, 5.74) is 8.19. The first-order valence-electron chi connectivity index (χ1n) is 7.88. The second-order valence-electron chi connectivity index (χ2n) is 6.53. The molecule has 0 aromatic carbocycles. The lowest BCUT2D eigenvalue weighted by atomic mass is 9.87. The molecule has 2 unspecified atom stereocenters. The van der Waals surface area contributed by atoms with Crippen molar-refractivity contribution in [2.75, 3.05) is 0 Å². The molecule has 2 nitrogen and oxygen atoms in total. The molecule has 3 aliphatic rings. The number of fused-ring (bicyclic) bond motifs is 8. The van der Waals surface area contributed by atoms with Crippen LogP contribution >= 0.6 is 0 Å². The number of aryl methyl sites for hydroxylation is 2. The predicted molar refractivity (Wildman–Crippen MR) is 78.8 cm³/mol. The third-order valence-corrected chi connectivity index (χ3v) is 5.44. The molecule has 2 heterocycles. The minimum absolute atomic E-state index is 0.732. The van der Waals surface area contributed by atoms with E-state index in [-0.39, 0.29) is 0 Å². The van der Waals surface area contributed by atoms with Crippen LogP contribution in [0, 0.1) is 0 Å².